The average molecular weight is 491 g/mol. The zero-order chi connectivity index (χ0) is 19.2. The molecule has 0 aliphatic heterocycles. The molecule has 0 atom stereocenters. The van der Waals surface area contributed by atoms with Crippen LogP contribution in [-0.4, -0.2) is 48.2 Å². The van der Waals surface area contributed by atoms with Crippen LogP contribution in [-0.2, 0) is 12.0 Å². The predicted octanol–water partition coefficient (Wildman–Crippen LogP) is 3.21. The van der Waals surface area contributed by atoms with Crippen molar-refractivity contribution in [3.05, 3.63) is 41.8 Å². The molecule has 0 saturated carbocycles. The molecule has 27 heavy (non-hydrogen) atoms. The van der Waals surface area contributed by atoms with E-state index in [2.05, 4.69) is 20.4 Å². The quantitative estimate of drug-likeness (QED) is 0.380. The minimum absolute atomic E-state index is 0. The Morgan fingerprint density at radius 3 is 2.63 bits per heavy atom. The van der Waals surface area contributed by atoms with E-state index in [0.717, 1.165) is 0 Å². The monoisotopic (exact) mass is 491 g/mol. The number of nitrogens with one attached hydrogen (secondary N) is 1. The Balaban J connectivity index is 0.00000364. The van der Waals surface area contributed by atoms with E-state index in [1.165, 1.54) is 6.07 Å². The number of hydrogen-bond acceptors (Lipinski definition) is 5. The maximum absolute atomic E-state index is 13.5. The number of benzene rings is 1. The SMILES string of the molecule is CN=C(NCc1noc(C(C)(C)C)n1)N(C)CCOc1ccccc1F.I. The van der Waals surface area contributed by atoms with E-state index < -0.39 is 0 Å². The van der Waals surface area contributed by atoms with E-state index in [0.29, 0.717) is 37.4 Å². The fourth-order valence-corrected chi connectivity index (χ4v) is 2.13. The molecular weight excluding hydrogens is 464 g/mol. The van der Waals surface area contributed by atoms with Crippen molar-refractivity contribution in [2.75, 3.05) is 27.2 Å². The summed E-state index contributed by atoms with van der Waals surface area (Å²) in [6, 6.07) is 6.34. The molecule has 150 valence electrons. The molecule has 1 aromatic carbocycles. The van der Waals surface area contributed by atoms with E-state index in [9.17, 15) is 4.39 Å². The van der Waals surface area contributed by atoms with Crippen molar-refractivity contribution < 1.29 is 13.7 Å². The van der Waals surface area contributed by atoms with Crippen molar-refractivity contribution in [2.45, 2.75) is 32.7 Å². The lowest BCUT2D eigenvalue weighted by Gasteiger charge is -2.21. The van der Waals surface area contributed by atoms with Gasteiger partial charge in [0.2, 0.25) is 5.89 Å². The summed E-state index contributed by atoms with van der Waals surface area (Å²) >= 11 is 0. The number of rotatable bonds is 6. The maximum Gasteiger partial charge on any atom is 0.232 e. The first-order valence-corrected chi connectivity index (χ1v) is 8.43. The van der Waals surface area contributed by atoms with Crippen LogP contribution in [0, 0.1) is 5.82 Å². The van der Waals surface area contributed by atoms with E-state index in [1.54, 1.807) is 25.2 Å². The number of nitrogens with zero attached hydrogens (tertiary/aromatic N) is 4. The van der Waals surface area contributed by atoms with Gasteiger partial charge in [-0.2, -0.15) is 4.98 Å². The Kier molecular flexibility index (Phi) is 8.94. The Bertz CT molecular complexity index is 745. The zero-order valence-electron chi connectivity index (χ0n) is 16.3. The fraction of sp³-hybridized carbons (Fsp3) is 0.500. The van der Waals surface area contributed by atoms with E-state index in [-0.39, 0.29) is 41.0 Å². The van der Waals surface area contributed by atoms with Gasteiger partial charge in [0.05, 0.1) is 13.1 Å². The number of aliphatic imine (C=N–C) groups is 1. The molecule has 0 bridgehead atoms. The van der Waals surface area contributed by atoms with Crippen LogP contribution in [0.3, 0.4) is 0 Å². The first kappa shape index (κ1) is 23.1. The Hall–Kier alpha value is -1.91. The van der Waals surface area contributed by atoms with Crippen molar-refractivity contribution in [3.63, 3.8) is 0 Å². The van der Waals surface area contributed by atoms with Gasteiger partial charge in [-0.15, -0.1) is 24.0 Å². The molecule has 1 N–H and O–H groups in total. The molecule has 0 fully saturated rings. The Morgan fingerprint density at radius 2 is 2.04 bits per heavy atom. The lowest BCUT2D eigenvalue weighted by molar-refractivity contribution is 0.270. The van der Waals surface area contributed by atoms with Crippen LogP contribution in [0.1, 0.15) is 32.5 Å². The van der Waals surface area contributed by atoms with Crippen LogP contribution in [0.5, 0.6) is 5.75 Å². The molecule has 7 nitrogen and oxygen atoms in total. The highest BCUT2D eigenvalue weighted by molar-refractivity contribution is 14.0. The molecule has 2 rings (SSSR count). The van der Waals surface area contributed by atoms with Crippen LogP contribution in [0.2, 0.25) is 0 Å². The number of likely N-dealkylation sites (N-methyl/N-ethyl adjacent to an activating group) is 1. The van der Waals surface area contributed by atoms with Crippen LogP contribution in [0.4, 0.5) is 4.39 Å². The molecule has 9 heteroatoms. The highest BCUT2D eigenvalue weighted by Crippen LogP contribution is 2.19. The lowest BCUT2D eigenvalue weighted by atomic mass is 9.97. The lowest BCUT2D eigenvalue weighted by Crippen LogP contribution is -2.40. The van der Waals surface area contributed by atoms with Gasteiger partial charge in [-0.25, -0.2) is 4.39 Å². The Morgan fingerprint density at radius 1 is 1.33 bits per heavy atom. The van der Waals surface area contributed by atoms with Crippen molar-refractivity contribution in [3.8, 4) is 5.75 Å². The second kappa shape index (κ2) is 10.4. The van der Waals surface area contributed by atoms with Gasteiger partial charge in [-0.1, -0.05) is 38.1 Å². The topological polar surface area (TPSA) is 75.8 Å². The summed E-state index contributed by atoms with van der Waals surface area (Å²) in [4.78, 5) is 10.5. The molecule has 0 aliphatic rings. The van der Waals surface area contributed by atoms with E-state index >= 15 is 0 Å². The number of guanidine groups is 1. The number of aromatic nitrogens is 2. The summed E-state index contributed by atoms with van der Waals surface area (Å²) in [7, 11) is 3.56. The van der Waals surface area contributed by atoms with Crippen LogP contribution in [0.25, 0.3) is 0 Å². The summed E-state index contributed by atoms with van der Waals surface area (Å²) in [5.74, 6) is 1.68. The summed E-state index contributed by atoms with van der Waals surface area (Å²) in [5, 5.41) is 7.14. The molecule has 2 aromatic rings. The number of hydrogen-bond donors (Lipinski definition) is 1. The van der Waals surface area contributed by atoms with Crippen molar-refractivity contribution in [1.29, 1.82) is 0 Å². The van der Waals surface area contributed by atoms with Gasteiger partial charge >= 0.3 is 0 Å². The van der Waals surface area contributed by atoms with E-state index in [4.69, 9.17) is 9.26 Å². The molecule has 0 aliphatic carbocycles. The highest BCUT2D eigenvalue weighted by Gasteiger charge is 2.21. The molecule has 0 spiro atoms. The average Bonchev–Trinajstić information content (AvgIpc) is 3.06. The molecule has 1 heterocycles. The molecule has 0 saturated heterocycles. The van der Waals surface area contributed by atoms with Gasteiger partial charge in [0, 0.05) is 19.5 Å². The third-order valence-electron chi connectivity index (χ3n) is 3.61. The molecule has 0 amide bonds. The number of ether oxygens (including phenoxy) is 1. The smallest absolute Gasteiger partial charge is 0.232 e. The van der Waals surface area contributed by atoms with Crippen molar-refractivity contribution in [2.24, 2.45) is 4.99 Å². The van der Waals surface area contributed by atoms with Crippen molar-refractivity contribution in [1.82, 2.24) is 20.4 Å². The normalized spacial score (nSPS) is 11.7. The first-order chi connectivity index (χ1) is 12.3. The summed E-state index contributed by atoms with van der Waals surface area (Å²) in [5.41, 5.74) is -0.187. The van der Waals surface area contributed by atoms with Gasteiger partial charge in [0.15, 0.2) is 23.4 Å². The fourth-order valence-electron chi connectivity index (χ4n) is 2.13. The van der Waals surface area contributed by atoms with Crippen molar-refractivity contribution >= 4 is 29.9 Å². The van der Waals surface area contributed by atoms with Gasteiger partial charge in [0.1, 0.15) is 6.61 Å². The zero-order valence-corrected chi connectivity index (χ0v) is 18.7. The van der Waals surface area contributed by atoms with Crippen LogP contribution < -0.4 is 10.1 Å². The third kappa shape index (κ3) is 6.96. The second-order valence-corrected chi connectivity index (χ2v) is 6.87. The van der Waals surface area contributed by atoms with Gasteiger partial charge in [-0.3, -0.25) is 4.99 Å². The number of halogens is 2. The minimum Gasteiger partial charge on any atom is -0.489 e. The van der Waals surface area contributed by atoms with Gasteiger partial charge < -0.3 is 19.5 Å². The van der Waals surface area contributed by atoms with Gasteiger partial charge in [0.25, 0.3) is 0 Å². The molecular formula is C18H27FIN5O2. The molecule has 0 unspecified atom stereocenters. The molecule has 0 radical (unpaired) electrons. The minimum atomic E-state index is -0.371. The van der Waals surface area contributed by atoms with E-state index in [1.807, 2.05) is 32.7 Å². The largest absolute Gasteiger partial charge is 0.489 e. The number of para-hydroxylation sites is 1. The highest BCUT2D eigenvalue weighted by atomic mass is 127. The molecule has 1 aromatic heterocycles. The summed E-state index contributed by atoms with van der Waals surface area (Å²) < 4.78 is 24.3. The standard InChI is InChI=1S/C18H26FN5O2.HI/c1-18(2,3)16-22-15(23-26-16)12-21-17(20-4)24(5)10-11-25-14-9-7-6-8-13(14)19;/h6-9H,10-12H2,1-5H3,(H,20,21);1H. The first-order valence-electron chi connectivity index (χ1n) is 8.43. The maximum atomic E-state index is 13.5. The Labute approximate surface area is 176 Å². The summed E-state index contributed by atoms with van der Waals surface area (Å²) in [6.07, 6.45) is 0. The van der Waals surface area contributed by atoms with Crippen LogP contribution >= 0.6 is 24.0 Å². The van der Waals surface area contributed by atoms with Crippen LogP contribution in [0.15, 0.2) is 33.8 Å². The van der Waals surface area contributed by atoms with Gasteiger partial charge in [-0.05, 0) is 12.1 Å². The predicted molar refractivity (Wildman–Crippen MR) is 113 cm³/mol. The summed E-state index contributed by atoms with van der Waals surface area (Å²) in [6.45, 7) is 7.30. The second-order valence-electron chi connectivity index (χ2n) is 6.87. The third-order valence-corrected chi connectivity index (χ3v) is 3.61.